The SMILES string of the molecule is O=C(C1CCCc2ccn(CCOc3ccccc3)c21)N1CCN(c2cnccn2)CC1. The molecule has 0 bridgehead atoms. The lowest BCUT2D eigenvalue weighted by atomic mass is 9.86. The average Bonchev–Trinajstić information content (AvgIpc) is 3.28. The fraction of sp³-hybridized carbons (Fsp3) is 0.400. The molecule has 166 valence electrons. The molecule has 5 rings (SSSR count). The van der Waals surface area contributed by atoms with Crippen LogP contribution in [0.3, 0.4) is 0 Å². The van der Waals surface area contributed by atoms with E-state index in [0.717, 1.165) is 63.6 Å². The summed E-state index contributed by atoms with van der Waals surface area (Å²) in [6, 6.07) is 12.1. The van der Waals surface area contributed by atoms with E-state index in [1.54, 1.807) is 18.6 Å². The minimum atomic E-state index is -0.0615. The zero-order chi connectivity index (χ0) is 21.8. The Bertz CT molecular complexity index is 1030. The fourth-order valence-electron chi connectivity index (χ4n) is 4.84. The highest BCUT2D eigenvalue weighted by molar-refractivity contribution is 5.84. The lowest BCUT2D eigenvalue weighted by molar-refractivity contribution is -0.133. The molecule has 7 heteroatoms. The Morgan fingerprint density at radius 3 is 2.69 bits per heavy atom. The average molecular weight is 432 g/mol. The number of ether oxygens (including phenoxy) is 1. The van der Waals surface area contributed by atoms with Gasteiger partial charge in [-0.15, -0.1) is 0 Å². The standard InChI is InChI=1S/C25H29N5O2/c31-25(30-15-13-28(14-16-30)23-19-26-10-11-27-23)22-8-4-5-20-9-12-29(24(20)22)17-18-32-21-6-2-1-3-7-21/h1-3,6-7,9-12,19,22H,4-5,8,13-18H2. The molecule has 2 aliphatic rings. The van der Waals surface area contributed by atoms with Gasteiger partial charge in [-0.3, -0.25) is 9.78 Å². The van der Waals surface area contributed by atoms with Gasteiger partial charge in [-0.1, -0.05) is 18.2 Å². The zero-order valence-corrected chi connectivity index (χ0v) is 18.3. The lowest BCUT2D eigenvalue weighted by Crippen LogP contribution is -2.50. The summed E-state index contributed by atoms with van der Waals surface area (Å²) in [5.41, 5.74) is 2.50. The molecule has 3 heterocycles. The van der Waals surface area contributed by atoms with Crippen LogP contribution in [0.25, 0.3) is 0 Å². The number of piperazine rings is 1. The van der Waals surface area contributed by atoms with Crippen LogP contribution in [0.1, 0.15) is 30.0 Å². The number of hydrogen-bond acceptors (Lipinski definition) is 5. The molecule has 1 aliphatic heterocycles. The van der Waals surface area contributed by atoms with Gasteiger partial charge < -0.3 is 19.1 Å². The highest BCUT2D eigenvalue weighted by Crippen LogP contribution is 2.34. The van der Waals surface area contributed by atoms with Crippen molar-refractivity contribution >= 4 is 11.7 Å². The number of para-hydroxylation sites is 1. The predicted octanol–water partition coefficient (Wildman–Crippen LogP) is 3.13. The zero-order valence-electron chi connectivity index (χ0n) is 18.3. The second kappa shape index (κ2) is 9.42. The number of nitrogens with zero attached hydrogens (tertiary/aromatic N) is 5. The Morgan fingerprint density at radius 2 is 1.91 bits per heavy atom. The van der Waals surface area contributed by atoms with Gasteiger partial charge in [0.1, 0.15) is 18.2 Å². The number of anilines is 1. The van der Waals surface area contributed by atoms with Gasteiger partial charge in [-0.05, 0) is 43.0 Å². The van der Waals surface area contributed by atoms with Crippen LogP contribution >= 0.6 is 0 Å². The van der Waals surface area contributed by atoms with E-state index in [9.17, 15) is 4.79 Å². The molecule has 1 saturated heterocycles. The maximum absolute atomic E-state index is 13.5. The first-order chi connectivity index (χ1) is 15.8. The van der Waals surface area contributed by atoms with Crippen LogP contribution in [0.5, 0.6) is 5.75 Å². The van der Waals surface area contributed by atoms with E-state index in [1.165, 1.54) is 11.3 Å². The van der Waals surface area contributed by atoms with Gasteiger partial charge in [0.25, 0.3) is 0 Å². The molecule has 7 nitrogen and oxygen atoms in total. The van der Waals surface area contributed by atoms with E-state index >= 15 is 0 Å². The molecule has 3 aromatic rings. The molecule has 1 amide bonds. The summed E-state index contributed by atoms with van der Waals surface area (Å²) < 4.78 is 8.14. The summed E-state index contributed by atoms with van der Waals surface area (Å²) >= 11 is 0. The number of carbonyl (C=O) groups excluding carboxylic acids is 1. The normalized spacial score (nSPS) is 18.3. The number of carbonyl (C=O) groups is 1. The highest BCUT2D eigenvalue weighted by Gasteiger charge is 2.34. The van der Waals surface area contributed by atoms with Crippen molar-refractivity contribution in [1.29, 1.82) is 0 Å². The third-order valence-corrected chi connectivity index (χ3v) is 6.47. The van der Waals surface area contributed by atoms with Crippen molar-refractivity contribution < 1.29 is 9.53 Å². The van der Waals surface area contributed by atoms with Gasteiger partial charge in [0.2, 0.25) is 5.91 Å². The van der Waals surface area contributed by atoms with Crippen molar-refractivity contribution in [2.24, 2.45) is 0 Å². The smallest absolute Gasteiger partial charge is 0.231 e. The van der Waals surface area contributed by atoms with E-state index in [4.69, 9.17) is 4.74 Å². The summed E-state index contributed by atoms with van der Waals surface area (Å²) in [4.78, 5) is 26.3. The first-order valence-corrected chi connectivity index (χ1v) is 11.4. The van der Waals surface area contributed by atoms with Crippen LogP contribution in [0.4, 0.5) is 5.82 Å². The summed E-state index contributed by atoms with van der Waals surface area (Å²) in [6.07, 6.45) is 10.3. The van der Waals surface area contributed by atoms with Gasteiger partial charge >= 0.3 is 0 Å². The van der Waals surface area contributed by atoms with Crippen molar-refractivity contribution in [3.05, 3.63) is 72.4 Å². The Labute approximate surface area is 188 Å². The second-order valence-corrected chi connectivity index (χ2v) is 8.40. The van der Waals surface area contributed by atoms with E-state index in [0.29, 0.717) is 6.61 Å². The Kier molecular flexibility index (Phi) is 6.05. The van der Waals surface area contributed by atoms with Gasteiger partial charge in [0.05, 0.1) is 18.7 Å². The number of aryl methyl sites for hydroxylation is 1. The minimum absolute atomic E-state index is 0.0615. The number of rotatable bonds is 6. The number of amides is 1. The molecular weight excluding hydrogens is 402 g/mol. The van der Waals surface area contributed by atoms with Crippen LogP contribution in [-0.2, 0) is 17.8 Å². The summed E-state index contributed by atoms with van der Waals surface area (Å²) in [6.45, 7) is 4.35. The Hall–Kier alpha value is -3.35. The van der Waals surface area contributed by atoms with Gasteiger partial charge in [-0.25, -0.2) is 4.98 Å². The van der Waals surface area contributed by atoms with Gasteiger partial charge in [0, 0.05) is 50.5 Å². The topological polar surface area (TPSA) is 63.5 Å². The van der Waals surface area contributed by atoms with Crippen LogP contribution in [0.2, 0.25) is 0 Å². The van der Waals surface area contributed by atoms with E-state index in [-0.39, 0.29) is 11.8 Å². The van der Waals surface area contributed by atoms with Crippen molar-refractivity contribution in [2.45, 2.75) is 31.7 Å². The van der Waals surface area contributed by atoms with Gasteiger partial charge in [0.15, 0.2) is 0 Å². The second-order valence-electron chi connectivity index (χ2n) is 8.40. The fourth-order valence-corrected chi connectivity index (χ4v) is 4.84. The van der Waals surface area contributed by atoms with Crippen LogP contribution in [0, 0.1) is 0 Å². The molecule has 0 spiro atoms. The van der Waals surface area contributed by atoms with Crippen LogP contribution in [-0.4, -0.2) is 58.1 Å². The molecule has 1 aliphatic carbocycles. The molecule has 1 atom stereocenters. The quantitative estimate of drug-likeness (QED) is 0.600. The largest absolute Gasteiger partial charge is 0.492 e. The van der Waals surface area contributed by atoms with Crippen molar-refractivity contribution in [3.63, 3.8) is 0 Å². The van der Waals surface area contributed by atoms with E-state index < -0.39 is 0 Å². The molecule has 1 aromatic carbocycles. The summed E-state index contributed by atoms with van der Waals surface area (Å²) in [7, 11) is 0. The molecule has 1 fully saturated rings. The molecule has 0 saturated carbocycles. The van der Waals surface area contributed by atoms with Crippen molar-refractivity contribution in [1.82, 2.24) is 19.4 Å². The number of hydrogen-bond donors (Lipinski definition) is 0. The number of aromatic nitrogens is 3. The predicted molar refractivity (Wildman–Crippen MR) is 123 cm³/mol. The molecule has 1 unspecified atom stereocenters. The maximum atomic E-state index is 13.5. The third kappa shape index (κ3) is 4.33. The van der Waals surface area contributed by atoms with Crippen LogP contribution in [0.15, 0.2) is 61.2 Å². The summed E-state index contributed by atoms with van der Waals surface area (Å²) in [5, 5.41) is 0. The van der Waals surface area contributed by atoms with Gasteiger partial charge in [-0.2, -0.15) is 0 Å². The Balaban J connectivity index is 1.24. The molecule has 32 heavy (non-hydrogen) atoms. The van der Waals surface area contributed by atoms with Crippen molar-refractivity contribution in [2.75, 3.05) is 37.7 Å². The minimum Gasteiger partial charge on any atom is -0.492 e. The van der Waals surface area contributed by atoms with E-state index in [1.807, 2.05) is 35.2 Å². The third-order valence-electron chi connectivity index (χ3n) is 6.47. The first kappa shape index (κ1) is 20.5. The summed E-state index contributed by atoms with van der Waals surface area (Å²) in [5.74, 6) is 1.95. The lowest BCUT2D eigenvalue weighted by Gasteiger charge is -2.37. The first-order valence-electron chi connectivity index (χ1n) is 11.4. The number of benzene rings is 1. The van der Waals surface area contributed by atoms with E-state index in [2.05, 4.69) is 31.7 Å². The van der Waals surface area contributed by atoms with Crippen molar-refractivity contribution in [3.8, 4) is 5.75 Å². The number of fused-ring (bicyclic) bond motifs is 1. The molecule has 2 aromatic heterocycles. The maximum Gasteiger partial charge on any atom is 0.231 e. The molecule has 0 N–H and O–H groups in total. The highest BCUT2D eigenvalue weighted by atomic mass is 16.5. The Morgan fingerprint density at radius 1 is 1.06 bits per heavy atom. The van der Waals surface area contributed by atoms with Crippen LogP contribution < -0.4 is 9.64 Å². The molecular formula is C25H29N5O2. The monoisotopic (exact) mass is 431 g/mol. The molecule has 0 radical (unpaired) electrons.